The number of carboxylic acid groups (broad SMARTS) is 1. The maximum Gasteiger partial charge on any atom is 0.407 e. The first kappa shape index (κ1) is 24.7. The maximum absolute atomic E-state index is 13.0. The number of nitrogens with zero attached hydrogens (tertiary/aromatic N) is 1. The molecule has 0 spiro atoms. The van der Waals surface area contributed by atoms with E-state index in [-0.39, 0.29) is 24.0 Å². The normalized spacial score (nSPS) is 19.5. The van der Waals surface area contributed by atoms with E-state index in [0.717, 1.165) is 35.3 Å². The molecule has 1 saturated heterocycles. The van der Waals surface area contributed by atoms with Gasteiger partial charge in [-0.15, -0.1) is 0 Å². The number of ether oxygens (including phenoxy) is 1. The lowest BCUT2D eigenvalue weighted by atomic mass is 9.87. The topological polar surface area (TPSA) is 108 Å². The molecule has 2 amide bonds. The predicted molar refractivity (Wildman–Crippen MR) is 132 cm³/mol. The summed E-state index contributed by atoms with van der Waals surface area (Å²) in [5.74, 6) is -1.82. The number of rotatable bonds is 8. The molecule has 1 aliphatic carbocycles. The monoisotopic (exact) mass is 479 g/mol. The van der Waals surface area contributed by atoms with Gasteiger partial charge in [0, 0.05) is 25.0 Å². The highest BCUT2D eigenvalue weighted by Gasteiger charge is 2.40. The molecule has 0 aromatic heterocycles. The number of nitrogens with one attached hydrogen (secondary N) is 2. The number of likely N-dealkylation sites (N-methyl/N-ethyl adjacent to an activating group) is 1. The van der Waals surface area contributed by atoms with E-state index in [0.29, 0.717) is 6.54 Å². The third-order valence-electron chi connectivity index (χ3n) is 7.11. The zero-order valence-electron chi connectivity index (χ0n) is 20.4. The van der Waals surface area contributed by atoms with Gasteiger partial charge in [0.05, 0.1) is 6.42 Å². The fourth-order valence-corrected chi connectivity index (χ4v) is 5.18. The van der Waals surface area contributed by atoms with E-state index in [1.807, 2.05) is 48.5 Å². The number of benzene rings is 2. The third kappa shape index (κ3) is 5.32. The van der Waals surface area contributed by atoms with Gasteiger partial charge in [-0.3, -0.25) is 9.59 Å². The number of aliphatic carboxylic acids is 1. The van der Waals surface area contributed by atoms with Crippen molar-refractivity contribution in [3.63, 3.8) is 0 Å². The van der Waals surface area contributed by atoms with Crippen LogP contribution in [-0.4, -0.2) is 66.3 Å². The number of fused-ring (bicyclic) bond motifs is 3. The van der Waals surface area contributed by atoms with Gasteiger partial charge in [0.25, 0.3) is 0 Å². The zero-order valence-corrected chi connectivity index (χ0v) is 20.4. The molecule has 0 radical (unpaired) electrons. The van der Waals surface area contributed by atoms with Gasteiger partial charge in [-0.05, 0) is 34.2 Å². The molecule has 1 heterocycles. The van der Waals surface area contributed by atoms with E-state index in [4.69, 9.17) is 4.74 Å². The highest BCUT2D eigenvalue weighted by molar-refractivity contribution is 5.89. The molecular formula is C27H33N3O5. The lowest BCUT2D eigenvalue weighted by molar-refractivity contribution is -0.140. The summed E-state index contributed by atoms with van der Waals surface area (Å²) in [6, 6.07) is 14.6. The number of alkyl carbamates (subject to hydrolysis) is 1. The Hall–Kier alpha value is -3.39. The minimum atomic E-state index is -1.23. The van der Waals surface area contributed by atoms with Crippen molar-refractivity contribution in [3.05, 3.63) is 59.7 Å². The Morgan fingerprint density at radius 1 is 1.09 bits per heavy atom. The standard InChI is InChI=1S/C27H33N3O5/c1-4-30-14-23(27(2,3)16-30)29-25(33)22(13-24(31)32)28-26(34)35-15-21-19-11-7-5-9-17(19)18-10-6-8-12-20(18)21/h5-12,21-23H,4,13-16H2,1-3H3,(H,28,34)(H,29,33)(H,31,32). The Morgan fingerprint density at radius 2 is 1.69 bits per heavy atom. The molecule has 2 aliphatic rings. The Bertz CT molecular complexity index is 1070. The van der Waals surface area contributed by atoms with E-state index in [1.54, 1.807) is 0 Å². The zero-order chi connectivity index (χ0) is 25.2. The summed E-state index contributed by atoms with van der Waals surface area (Å²) in [7, 11) is 0. The smallest absolute Gasteiger partial charge is 0.407 e. The van der Waals surface area contributed by atoms with Gasteiger partial charge in [0.2, 0.25) is 5.91 Å². The van der Waals surface area contributed by atoms with Gasteiger partial charge < -0.3 is 25.4 Å². The van der Waals surface area contributed by atoms with Crippen LogP contribution in [0.15, 0.2) is 48.5 Å². The number of amides is 2. The molecule has 2 unspecified atom stereocenters. The van der Waals surface area contributed by atoms with Crippen molar-refractivity contribution < 1.29 is 24.2 Å². The second kappa shape index (κ2) is 10.1. The number of hydrogen-bond donors (Lipinski definition) is 3. The predicted octanol–water partition coefficient (Wildman–Crippen LogP) is 3.21. The first-order valence-corrected chi connectivity index (χ1v) is 12.1. The van der Waals surface area contributed by atoms with Gasteiger partial charge in [0.1, 0.15) is 12.6 Å². The highest BCUT2D eigenvalue weighted by atomic mass is 16.5. The van der Waals surface area contributed by atoms with E-state index >= 15 is 0 Å². The highest BCUT2D eigenvalue weighted by Crippen LogP contribution is 2.44. The molecule has 3 N–H and O–H groups in total. The Morgan fingerprint density at radius 3 is 2.23 bits per heavy atom. The van der Waals surface area contributed by atoms with E-state index in [2.05, 4.69) is 36.3 Å². The van der Waals surface area contributed by atoms with Crippen molar-refractivity contribution in [1.82, 2.24) is 15.5 Å². The third-order valence-corrected chi connectivity index (χ3v) is 7.11. The SMILES string of the molecule is CCN1CC(NC(=O)C(CC(=O)O)NC(=O)OCC2c3ccccc3-c3ccccc32)C(C)(C)C1. The van der Waals surface area contributed by atoms with Crippen molar-refractivity contribution in [2.24, 2.45) is 5.41 Å². The Kier molecular flexibility index (Phi) is 7.12. The fraction of sp³-hybridized carbons (Fsp3) is 0.444. The van der Waals surface area contributed by atoms with Crippen LogP contribution >= 0.6 is 0 Å². The fourth-order valence-electron chi connectivity index (χ4n) is 5.18. The van der Waals surface area contributed by atoms with Crippen molar-refractivity contribution in [2.75, 3.05) is 26.2 Å². The minimum Gasteiger partial charge on any atom is -0.481 e. The number of carbonyl (C=O) groups is 3. The molecule has 8 nitrogen and oxygen atoms in total. The van der Waals surface area contributed by atoms with Crippen molar-refractivity contribution >= 4 is 18.0 Å². The van der Waals surface area contributed by atoms with Gasteiger partial charge in [0.15, 0.2) is 0 Å². The summed E-state index contributed by atoms with van der Waals surface area (Å²) in [6.45, 7) is 8.66. The second-order valence-electron chi connectivity index (χ2n) is 10.00. The Labute approximate surface area is 205 Å². The van der Waals surface area contributed by atoms with Crippen LogP contribution in [0.4, 0.5) is 4.79 Å². The van der Waals surface area contributed by atoms with Crippen LogP contribution in [0.2, 0.25) is 0 Å². The van der Waals surface area contributed by atoms with Crippen LogP contribution in [0.25, 0.3) is 11.1 Å². The van der Waals surface area contributed by atoms with Crippen LogP contribution in [0, 0.1) is 5.41 Å². The Balaban J connectivity index is 1.40. The average molecular weight is 480 g/mol. The molecule has 1 aliphatic heterocycles. The van der Waals surface area contributed by atoms with E-state index in [9.17, 15) is 19.5 Å². The molecule has 2 aromatic carbocycles. The first-order valence-electron chi connectivity index (χ1n) is 12.1. The number of hydrogen-bond acceptors (Lipinski definition) is 5. The first-order chi connectivity index (χ1) is 16.7. The summed E-state index contributed by atoms with van der Waals surface area (Å²) in [6.07, 6.45) is -1.34. The average Bonchev–Trinajstić information content (AvgIpc) is 3.30. The van der Waals surface area contributed by atoms with Crippen LogP contribution in [0.1, 0.15) is 44.2 Å². The summed E-state index contributed by atoms with van der Waals surface area (Å²) in [5, 5.41) is 14.8. The van der Waals surface area contributed by atoms with Crippen LogP contribution < -0.4 is 10.6 Å². The maximum atomic E-state index is 13.0. The number of carboxylic acids is 1. The van der Waals surface area contributed by atoms with Crippen molar-refractivity contribution in [3.8, 4) is 11.1 Å². The van der Waals surface area contributed by atoms with E-state index in [1.165, 1.54) is 0 Å². The second-order valence-corrected chi connectivity index (χ2v) is 10.00. The molecule has 186 valence electrons. The number of carbonyl (C=O) groups excluding carboxylic acids is 2. The van der Waals surface area contributed by atoms with Crippen LogP contribution in [-0.2, 0) is 14.3 Å². The summed E-state index contributed by atoms with van der Waals surface area (Å²) < 4.78 is 5.52. The summed E-state index contributed by atoms with van der Waals surface area (Å²) >= 11 is 0. The van der Waals surface area contributed by atoms with E-state index < -0.39 is 30.4 Å². The van der Waals surface area contributed by atoms with Crippen LogP contribution in [0.3, 0.4) is 0 Å². The van der Waals surface area contributed by atoms with Gasteiger partial charge in [-0.1, -0.05) is 69.3 Å². The van der Waals surface area contributed by atoms with Crippen molar-refractivity contribution in [1.29, 1.82) is 0 Å². The summed E-state index contributed by atoms with van der Waals surface area (Å²) in [4.78, 5) is 39.3. The molecule has 35 heavy (non-hydrogen) atoms. The molecule has 8 heteroatoms. The molecule has 1 fully saturated rings. The molecule has 2 aromatic rings. The lowest BCUT2D eigenvalue weighted by Gasteiger charge is -2.28. The molecule has 0 bridgehead atoms. The lowest BCUT2D eigenvalue weighted by Crippen LogP contribution is -2.53. The van der Waals surface area contributed by atoms with Crippen molar-refractivity contribution in [2.45, 2.75) is 45.2 Å². The van der Waals surface area contributed by atoms with Crippen LogP contribution in [0.5, 0.6) is 0 Å². The minimum absolute atomic E-state index is 0.0857. The largest absolute Gasteiger partial charge is 0.481 e. The molecular weight excluding hydrogens is 446 g/mol. The number of likely N-dealkylation sites (tertiary alicyclic amines) is 1. The molecule has 4 rings (SSSR count). The molecule has 0 saturated carbocycles. The van der Waals surface area contributed by atoms with Gasteiger partial charge >= 0.3 is 12.1 Å². The quantitative estimate of drug-likeness (QED) is 0.537. The van der Waals surface area contributed by atoms with Gasteiger partial charge in [-0.25, -0.2) is 4.79 Å². The molecule has 2 atom stereocenters. The van der Waals surface area contributed by atoms with Gasteiger partial charge in [-0.2, -0.15) is 0 Å². The summed E-state index contributed by atoms with van der Waals surface area (Å²) in [5.41, 5.74) is 4.21.